The zero-order valence-corrected chi connectivity index (χ0v) is 15.6. The number of esters is 1. The summed E-state index contributed by atoms with van der Waals surface area (Å²) in [6, 6.07) is 8.33. The molecule has 0 N–H and O–H groups in total. The summed E-state index contributed by atoms with van der Waals surface area (Å²) >= 11 is 0. The number of pyridine rings is 1. The second-order valence-corrected chi connectivity index (χ2v) is 6.56. The fraction of sp³-hybridized carbons (Fsp3) is 0.238. The predicted octanol–water partition coefficient (Wildman–Crippen LogP) is 4.69. The van der Waals surface area contributed by atoms with E-state index in [1.165, 1.54) is 4.57 Å². The summed E-state index contributed by atoms with van der Waals surface area (Å²) in [5.74, 6) is -2.50. The minimum Gasteiger partial charge on any atom is -0.462 e. The summed E-state index contributed by atoms with van der Waals surface area (Å²) in [6.45, 7) is 3.50. The van der Waals surface area contributed by atoms with Gasteiger partial charge >= 0.3 is 12.1 Å². The smallest absolute Gasteiger partial charge is 0.419 e. The highest BCUT2D eigenvalue weighted by Gasteiger charge is 2.35. The minimum atomic E-state index is -4.93. The maximum Gasteiger partial charge on any atom is 0.419 e. The number of nitrogens with zero attached hydrogens (tertiary/aromatic N) is 1. The maximum absolute atomic E-state index is 14.1. The third kappa shape index (κ3) is 4.16. The molecule has 0 saturated heterocycles. The molecule has 0 aliphatic rings. The van der Waals surface area contributed by atoms with E-state index < -0.39 is 29.0 Å². The Morgan fingerprint density at radius 3 is 2.52 bits per heavy atom. The van der Waals surface area contributed by atoms with E-state index in [2.05, 4.69) is 0 Å². The van der Waals surface area contributed by atoms with Gasteiger partial charge in [0, 0.05) is 18.1 Å². The lowest BCUT2D eigenvalue weighted by molar-refractivity contribution is -0.139. The largest absolute Gasteiger partial charge is 0.462 e. The molecule has 152 valence electrons. The highest BCUT2D eigenvalue weighted by atomic mass is 19.4. The Morgan fingerprint density at radius 1 is 1.17 bits per heavy atom. The van der Waals surface area contributed by atoms with E-state index in [0.717, 1.165) is 17.3 Å². The van der Waals surface area contributed by atoms with Gasteiger partial charge < -0.3 is 9.30 Å². The molecule has 0 amide bonds. The number of halogens is 4. The average molecular weight is 407 g/mol. The lowest BCUT2D eigenvalue weighted by Gasteiger charge is -2.16. The molecule has 0 atom stereocenters. The molecule has 0 spiro atoms. The van der Waals surface area contributed by atoms with Crippen LogP contribution in [0.5, 0.6) is 0 Å². The van der Waals surface area contributed by atoms with Gasteiger partial charge in [-0.3, -0.25) is 4.79 Å². The summed E-state index contributed by atoms with van der Waals surface area (Å²) in [5, 5.41) is -0.325. The number of hydrogen-bond acceptors (Lipinski definition) is 3. The lowest BCUT2D eigenvalue weighted by atomic mass is 10.1. The molecule has 0 unspecified atom stereocenters. The van der Waals surface area contributed by atoms with Gasteiger partial charge in [-0.2, -0.15) is 13.2 Å². The van der Waals surface area contributed by atoms with Crippen molar-refractivity contribution in [3.05, 3.63) is 80.9 Å². The Bertz CT molecular complexity index is 1150. The maximum atomic E-state index is 14.1. The Labute approximate surface area is 163 Å². The van der Waals surface area contributed by atoms with Gasteiger partial charge in [-0.25, -0.2) is 9.18 Å². The molecule has 0 fully saturated rings. The van der Waals surface area contributed by atoms with Crippen LogP contribution in [0.4, 0.5) is 17.6 Å². The third-order valence-corrected chi connectivity index (χ3v) is 4.41. The van der Waals surface area contributed by atoms with Gasteiger partial charge in [-0.1, -0.05) is 29.8 Å². The Hall–Kier alpha value is -3.16. The first-order valence-corrected chi connectivity index (χ1v) is 8.78. The molecule has 3 rings (SSSR count). The summed E-state index contributed by atoms with van der Waals surface area (Å²) in [6.07, 6.45) is -3.77. The van der Waals surface area contributed by atoms with Gasteiger partial charge in [0.25, 0.3) is 0 Å². The first-order valence-electron chi connectivity index (χ1n) is 8.78. The van der Waals surface area contributed by atoms with E-state index in [4.69, 9.17) is 4.74 Å². The number of fused-ring (bicyclic) bond motifs is 1. The van der Waals surface area contributed by atoms with Crippen molar-refractivity contribution < 1.29 is 27.1 Å². The van der Waals surface area contributed by atoms with Crippen LogP contribution in [0.25, 0.3) is 10.9 Å². The van der Waals surface area contributed by atoms with Crippen LogP contribution in [-0.2, 0) is 17.5 Å². The van der Waals surface area contributed by atoms with Crippen molar-refractivity contribution in [3.63, 3.8) is 0 Å². The van der Waals surface area contributed by atoms with E-state index >= 15 is 0 Å². The average Bonchev–Trinajstić information content (AvgIpc) is 2.63. The number of rotatable bonds is 4. The fourth-order valence-corrected chi connectivity index (χ4v) is 3.12. The van der Waals surface area contributed by atoms with Gasteiger partial charge in [0.2, 0.25) is 5.43 Å². The summed E-state index contributed by atoms with van der Waals surface area (Å²) in [7, 11) is 0. The minimum absolute atomic E-state index is 0.00949. The number of aromatic nitrogens is 1. The summed E-state index contributed by atoms with van der Waals surface area (Å²) < 4.78 is 59.9. The van der Waals surface area contributed by atoms with Crippen molar-refractivity contribution in [3.8, 4) is 0 Å². The molecular formula is C21H17F4NO3. The van der Waals surface area contributed by atoms with Crippen molar-refractivity contribution in [1.82, 2.24) is 4.57 Å². The highest BCUT2D eigenvalue weighted by Crippen LogP contribution is 2.33. The summed E-state index contributed by atoms with van der Waals surface area (Å²) in [4.78, 5) is 24.8. The van der Waals surface area contributed by atoms with E-state index in [-0.39, 0.29) is 29.6 Å². The third-order valence-electron chi connectivity index (χ3n) is 4.41. The van der Waals surface area contributed by atoms with E-state index in [1.54, 1.807) is 19.1 Å². The van der Waals surface area contributed by atoms with E-state index in [1.807, 2.05) is 19.1 Å². The molecule has 0 radical (unpaired) electrons. The van der Waals surface area contributed by atoms with Crippen LogP contribution in [0.15, 0.2) is 47.4 Å². The second-order valence-electron chi connectivity index (χ2n) is 6.56. The Morgan fingerprint density at radius 2 is 1.90 bits per heavy atom. The van der Waals surface area contributed by atoms with Gasteiger partial charge in [-0.05, 0) is 31.5 Å². The molecule has 8 heteroatoms. The molecule has 1 heterocycles. The van der Waals surface area contributed by atoms with Crippen LogP contribution >= 0.6 is 0 Å². The number of hydrogen-bond donors (Lipinski definition) is 0. The quantitative estimate of drug-likeness (QED) is 0.466. The molecule has 1 aromatic heterocycles. The fourth-order valence-electron chi connectivity index (χ4n) is 3.12. The molecule has 0 bridgehead atoms. The number of aryl methyl sites for hydroxylation is 1. The zero-order chi connectivity index (χ0) is 21.3. The molecule has 0 aliphatic heterocycles. The highest BCUT2D eigenvalue weighted by molar-refractivity contribution is 5.94. The normalized spacial score (nSPS) is 11.7. The Balaban J connectivity index is 2.31. The monoisotopic (exact) mass is 407 g/mol. The zero-order valence-electron chi connectivity index (χ0n) is 15.6. The van der Waals surface area contributed by atoms with Crippen LogP contribution < -0.4 is 5.43 Å². The molecule has 0 aliphatic carbocycles. The topological polar surface area (TPSA) is 48.3 Å². The van der Waals surface area contributed by atoms with Crippen molar-refractivity contribution in [1.29, 1.82) is 0 Å². The van der Waals surface area contributed by atoms with E-state index in [9.17, 15) is 27.2 Å². The predicted molar refractivity (Wildman–Crippen MR) is 99.4 cm³/mol. The Kier molecular flexibility index (Phi) is 5.46. The molecule has 2 aromatic carbocycles. The number of alkyl halides is 3. The standard InChI is InChI=1S/C21H17F4NO3/c1-3-29-20(28)15-11-26(10-13-6-4-5-12(2)7-13)18-9-16(21(23,24)25)17(22)8-14(18)19(15)27/h4-9,11H,3,10H2,1-2H3. The number of ether oxygens (including phenoxy) is 1. The second kappa shape index (κ2) is 7.69. The van der Waals surface area contributed by atoms with Crippen molar-refractivity contribution in [2.75, 3.05) is 6.61 Å². The van der Waals surface area contributed by atoms with Crippen LogP contribution in [0.1, 0.15) is 34.0 Å². The molecule has 29 heavy (non-hydrogen) atoms. The molecule has 3 aromatic rings. The number of carbonyl (C=O) groups excluding carboxylic acids is 1. The van der Waals surface area contributed by atoms with Crippen molar-refractivity contribution in [2.24, 2.45) is 0 Å². The first-order chi connectivity index (χ1) is 13.6. The lowest BCUT2D eigenvalue weighted by Crippen LogP contribution is -2.22. The summed E-state index contributed by atoms with van der Waals surface area (Å²) in [5.41, 5.74) is -1.19. The SMILES string of the molecule is CCOC(=O)c1cn(Cc2cccc(C)c2)c2cc(C(F)(F)F)c(F)cc2c1=O. The van der Waals surface area contributed by atoms with Gasteiger partial charge in [0.05, 0.1) is 17.7 Å². The number of benzene rings is 2. The van der Waals surface area contributed by atoms with Gasteiger partial charge in [-0.15, -0.1) is 0 Å². The van der Waals surface area contributed by atoms with Crippen LogP contribution in [-0.4, -0.2) is 17.1 Å². The molecule has 4 nitrogen and oxygen atoms in total. The molecular weight excluding hydrogens is 390 g/mol. The number of carbonyl (C=O) groups is 1. The van der Waals surface area contributed by atoms with Crippen molar-refractivity contribution >= 4 is 16.9 Å². The van der Waals surface area contributed by atoms with Crippen LogP contribution in [0, 0.1) is 12.7 Å². The van der Waals surface area contributed by atoms with E-state index in [0.29, 0.717) is 12.1 Å². The van der Waals surface area contributed by atoms with Gasteiger partial charge in [0.1, 0.15) is 11.4 Å². The van der Waals surface area contributed by atoms with Crippen molar-refractivity contribution in [2.45, 2.75) is 26.6 Å². The van der Waals surface area contributed by atoms with Crippen LogP contribution in [0.3, 0.4) is 0 Å². The molecule has 0 saturated carbocycles. The first kappa shape index (κ1) is 20.6. The van der Waals surface area contributed by atoms with Crippen LogP contribution in [0.2, 0.25) is 0 Å². The van der Waals surface area contributed by atoms with Gasteiger partial charge in [0.15, 0.2) is 0 Å².